The molecule has 2 aromatic heterocycles. The van der Waals surface area contributed by atoms with E-state index in [0.29, 0.717) is 31.7 Å². The maximum atomic E-state index is 13.3. The molecule has 1 N–H and O–H groups in total. The lowest BCUT2D eigenvalue weighted by atomic mass is 10.1. The fraction of sp³-hybridized carbons (Fsp3) is 0.250. The Balaban J connectivity index is 1.52. The molecule has 0 radical (unpaired) electrons. The molecule has 0 atom stereocenters. The highest BCUT2D eigenvalue weighted by Gasteiger charge is 2.19. The second kappa shape index (κ2) is 7.47. The summed E-state index contributed by atoms with van der Waals surface area (Å²) in [6, 6.07) is 15.9. The number of nitrogens with one attached hydrogen (secondary N) is 1. The molecular formula is C20H20FN5. The number of aromatic nitrogens is 3. The van der Waals surface area contributed by atoms with Crippen LogP contribution in [0.2, 0.25) is 0 Å². The monoisotopic (exact) mass is 349 g/mol. The standard InChI is InChI=1S/C20H20FN5/c21-17-7-10-26(11-8-17)20-13-18(6-9-22-20)24-19-12-16(14-23-25-19)15-4-2-1-3-5-15/h1-6,9,12-14,17H,7-8,10-11H2,(H,22,24,25). The zero-order valence-electron chi connectivity index (χ0n) is 14.3. The maximum absolute atomic E-state index is 13.3. The number of piperidine rings is 1. The van der Waals surface area contributed by atoms with Gasteiger partial charge < -0.3 is 10.2 Å². The Morgan fingerprint density at radius 1 is 1.00 bits per heavy atom. The third kappa shape index (κ3) is 3.79. The van der Waals surface area contributed by atoms with Gasteiger partial charge in [-0.15, -0.1) is 5.10 Å². The van der Waals surface area contributed by atoms with Crippen LogP contribution in [0.15, 0.2) is 60.9 Å². The lowest BCUT2D eigenvalue weighted by Crippen LogP contribution is -2.34. The van der Waals surface area contributed by atoms with Gasteiger partial charge in [-0.25, -0.2) is 9.37 Å². The molecule has 26 heavy (non-hydrogen) atoms. The van der Waals surface area contributed by atoms with E-state index in [1.165, 1.54) is 0 Å². The number of hydrogen-bond acceptors (Lipinski definition) is 5. The van der Waals surface area contributed by atoms with Crippen LogP contribution in [-0.2, 0) is 0 Å². The van der Waals surface area contributed by atoms with E-state index in [2.05, 4.69) is 25.4 Å². The maximum Gasteiger partial charge on any atom is 0.153 e. The van der Waals surface area contributed by atoms with Gasteiger partial charge in [0.2, 0.25) is 0 Å². The number of anilines is 3. The number of hydrogen-bond donors (Lipinski definition) is 1. The van der Waals surface area contributed by atoms with E-state index in [1.807, 2.05) is 48.5 Å². The third-order valence-electron chi connectivity index (χ3n) is 4.53. The highest BCUT2D eigenvalue weighted by atomic mass is 19.1. The molecule has 1 aromatic carbocycles. The third-order valence-corrected chi connectivity index (χ3v) is 4.53. The Hall–Kier alpha value is -3.02. The Kier molecular flexibility index (Phi) is 4.73. The van der Waals surface area contributed by atoms with Gasteiger partial charge in [-0.1, -0.05) is 30.3 Å². The van der Waals surface area contributed by atoms with Crippen molar-refractivity contribution >= 4 is 17.3 Å². The normalized spacial score (nSPS) is 15.0. The lowest BCUT2D eigenvalue weighted by Gasteiger charge is -2.29. The highest BCUT2D eigenvalue weighted by Crippen LogP contribution is 2.25. The van der Waals surface area contributed by atoms with E-state index in [0.717, 1.165) is 22.6 Å². The largest absolute Gasteiger partial charge is 0.356 e. The molecule has 1 aliphatic heterocycles. The zero-order valence-corrected chi connectivity index (χ0v) is 14.3. The molecule has 3 aromatic rings. The number of halogens is 1. The molecule has 1 aliphatic rings. The molecule has 0 saturated carbocycles. The first-order chi connectivity index (χ1) is 12.8. The number of rotatable bonds is 4. The summed E-state index contributed by atoms with van der Waals surface area (Å²) in [5.74, 6) is 1.53. The second-order valence-electron chi connectivity index (χ2n) is 6.38. The summed E-state index contributed by atoms with van der Waals surface area (Å²) in [7, 11) is 0. The van der Waals surface area contributed by atoms with Gasteiger partial charge in [-0.3, -0.25) is 0 Å². The van der Waals surface area contributed by atoms with E-state index in [1.54, 1.807) is 12.4 Å². The summed E-state index contributed by atoms with van der Waals surface area (Å²) in [6.45, 7) is 1.39. The summed E-state index contributed by atoms with van der Waals surface area (Å²) in [5, 5.41) is 11.6. The van der Waals surface area contributed by atoms with Gasteiger partial charge in [-0.2, -0.15) is 5.10 Å². The molecule has 5 nitrogen and oxygen atoms in total. The number of nitrogens with zero attached hydrogens (tertiary/aromatic N) is 4. The SMILES string of the molecule is FC1CCN(c2cc(Nc3cc(-c4ccccc4)cnn3)ccn2)CC1. The average Bonchev–Trinajstić information content (AvgIpc) is 2.70. The van der Waals surface area contributed by atoms with E-state index >= 15 is 0 Å². The molecule has 0 amide bonds. The van der Waals surface area contributed by atoms with E-state index in [9.17, 15) is 4.39 Å². The Bertz CT molecular complexity index is 863. The summed E-state index contributed by atoms with van der Waals surface area (Å²) in [4.78, 5) is 6.54. The quantitative estimate of drug-likeness (QED) is 0.764. The fourth-order valence-corrected chi connectivity index (χ4v) is 3.11. The molecule has 3 heterocycles. The van der Waals surface area contributed by atoms with Crippen LogP contribution in [-0.4, -0.2) is 34.4 Å². The van der Waals surface area contributed by atoms with E-state index < -0.39 is 6.17 Å². The van der Waals surface area contributed by atoms with Crippen LogP contribution in [0.4, 0.5) is 21.7 Å². The molecule has 4 rings (SSSR count). The van der Waals surface area contributed by atoms with E-state index in [4.69, 9.17) is 0 Å². The fourth-order valence-electron chi connectivity index (χ4n) is 3.11. The van der Waals surface area contributed by atoms with Crippen molar-refractivity contribution < 1.29 is 4.39 Å². The van der Waals surface area contributed by atoms with Crippen LogP contribution in [0.3, 0.4) is 0 Å². The van der Waals surface area contributed by atoms with Crippen molar-refractivity contribution in [2.45, 2.75) is 19.0 Å². The molecule has 6 heteroatoms. The average molecular weight is 349 g/mol. The summed E-state index contributed by atoms with van der Waals surface area (Å²) >= 11 is 0. The molecule has 1 saturated heterocycles. The molecule has 0 spiro atoms. The van der Waals surface area contributed by atoms with Crippen molar-refractivity contribution in [3.05, 3.63) is 60.9 Å². The predicted molar refractivity (Wildman–Crippen MR) is 101 cm³/mol. The first-order valence-corrected chi connectivity index (χ1v) is 8.78. The molecule has 0 bridgehead atoms. The molecule has 1 fully saturated rings. The van der Waals surface area contributed by atoms with Crippen LogP contribution in [0.1, 0.15) is 12.8 Å². The lowest BCUT2D eigenvalue weighted by molar-refractivity contribution is 0.277. The van der Waals surface area contributed by atoms with Gasteiger partial charge in [0.15, 0.2) is 5.82 Å². The van der Waals surface area contributed by atoms with Crippen LogP contribution in [0.25, 0.3) is 11.1 Å². The van der Waals surface area contributed by atoms with Crippen molar-refractivity contribution in [3.8, 4) is 11.1 Å². The Labute approximate surface area is 151 Å². The second-order valence-corrected chi connectivity index (χ2v) is 6.38. The first-order valence-electron chi connectivity index (χ1n) is 8.78. The van der Waals surface area contributed by atoms with Crippen LogP contribution >= 0.6 is 0 Å². The van der Waals surface area contributed by atoms with Crippen molar-refractivity contribution in [1.29, 1.82) is 0 Å². The van der Waals surface area contributed by atoms with Gasteiger partial charge in [0.1, 0.15) is 12.0 Å². The minimum absolute atomic E-state index is 0.559. The molecular weight excluding hydrogens is 329 g/mol. The molecule has 0 unspecified atom stereocenters. The number of alkyl halides is 1. The van der Waals surface area contributed by atoms with Crippen LogP contribution < -0.4 is 10.2 Å². The van der Waals surface area contributed by atoms with Crippen molar-refractivity contribution in [1.82, 2.24) is 15.2 Å². The molecule has 0 aliphatic carbocycles. The topological polar surface area (TPSA) is 53.9 Å². The summed E-state index contributed by atoms with van der Waals surface area (Å²) in [6.07, 6.45) is 3.93. The van der Waals surface area contributed by atoms with Gasteiger partial charge in [0.25, 0.3) is 0 Å². The van der Waals surface area contributed by atoms with Gasteiger partial charge in [0, 0.05) is 36.6 Å². The van der Waals surface area contributed by atoms with Gasteiger partial charge in [0.05, 0.1) is 6.20 Å². The van der Waals surface area contributed by atoms with Crippen LogP contribution in [0, 0.1) is 0 Å². The van der Waals surface area contributed by atoms with Gasteiger partial charge in [-0.05, 0) is 30.5 Å². The highest BCUT2D eigenvalue weighted by molar-refractivity contribution is 5.68. The van der Waals surface area contributed by atoms with Crippen molar-refractivity contribution in [3.63, 3.8) is 0 Å². The molecule has 132 valence electrons. The summed E-state index contributed by atoms with van der Waals surface area (Å²) in [5.41, 5.74) is 2.98. The smallest absolute Gasteiger partial charge is 0.153 e. The number of benzene rings is 1. The zero-order chi connectivity index (χ0) is 17.8. The minimum atomic E-state index is -0.691. The van der Waals surface area contributed by atoms with Crippen LogP contribution in [0.5, 0.6) is 0 Å². The van der Waals surface area contributed by atoms with Gasteiger partial charge >= 0.3 is 0 Å². The first kappa shape index (κ1) is 16.4. The van der Waals surface area contributed by atoms with E-state index in [-0.39, 0.29) is 0 Å². The predicted octanol–water partition coefficient (Wildman–Crippen LogP) is 4.22. The Morgan fingerprint density at radius 2 is 1.81 bits per heavy atom. The minimum Gasteiger partial charge on any atom is -0.356 e. The summed E-state index contributed by atoms with van der Waals surface area (Å²) < 4.78 is 13.3. The van der Waals surface area contributed by atoms with Crippen molar-refractivity contribution in [2.24, 2.45) is 0 Å². The van der Waals surface area contributed by atoms with Crippen molar-refractivity contribution in [2.75, 3.05) is 23.3 Å². The number of pyridine rings is 1. The Morgan fingerprint density at radius 3 is 2.62 bits per heavy atom.